The van der Waals surface area contributed by atoms with Gasteiger partial charge in [0.15, 0.2) is 0 Å². The van der Waals surface area contributed by atoms with Gasteiger partial charge < -0.3 is 19.9 Å². The van der Waals surface area contributed by atoms with Crippen LogP contribution in [0.15, 0.2) is 30.3 Å². The number of nitrogens with zero attached hydrogens (tertiary/aromatic N) is 2. The molecule has 38 heavy (non-hydrogen) atoms. The quantitative estimate of drug-likeness (QED) is 0.436. The van der Waals surface area contributed by atoms with Gasteiger partial charge in [0.1, 0.15) is 24.0 Å². The van der Waals surface area contributed by atoms with Crippen molar-refractivity contribution in [3.05, 3.63) is 35.9 Å². The highest BCUT2D eigenvalue weighted by atomic mass is 16.6. The van der Waals surface area contributed by atoms with Crippen LogP contribution in [0.1, 0.15) is 80.7 Å². The predicted octanol–water partition coefficient (Wildman–Crippen LogP) is 5.31. The molecule has 3 amide bonds. The first kappa shape index (κ1) is 31.4. The predicted molar refractivity (Wildman–Crippen MR) is 146 cm³/mol. The van der Waals surface area contributed by atoms with Crippen molar-refractivity contribution < 1.29 is 28.6 Å². The molecule has 0 bridgehead atoms. The molecule has 1 heterocycles. The van der Waals surface area contributed by atoms with Gasteiger partial charge in [-0.2, -0.15) is 0 Å². The monoisotopic (exact) mass is 533 g/mol. The third-order valence-corrected chi connectivity index (χ3v) is 6.30. The van der Waals surface area contributed by atoms with Crippen molar-refractivity contribution in [2.75, 3.05) is 6.54 Å². The fourth-order valence-corrected chi connectivity index (χ4v) is 4.81. The fourth-order valence-electron chi connectivity index (χ4n) is 4.81. The molecule has 0 spiro atoms. The molecule has 1 saturated heterocycles. The Balaban J connectivity index is 2.41. The number of carbonyl (C=O) groups is 3. The molecule has 0 aromatic heterocycles. The lowest BCUT2D eigenvalue weighted by Gasteiger charge is -2.36. The molecule has 9 heteroatoms. The van der Waals surface area contributed by atoms with Crippen LogP contribution in [0.4, 0.5) is 9.59 Å². The zero-order valence-electron chi connectivity index (χ0n) is 24.5. The molecule has 1 aliphatic rings. The molecule has 3 atom stereocenters. The van der Waals surface area contributed by atoms with Crippen LogP contribution in [0.5, 0.6) is 0 Å². The number of hydrogen-bond acceptors (Lipinski definition) is 6. The molecule has 0 saturated carbocycles. The average Bonchev–Trinajstić information content (AvgIpc) is 3.02. The average molecular weight is 534 g/mol. The molecular formula is C29H47N3O6. The molecule has 1 aromatic rings. The van der Waals surface area contributed by atoms with Gasteiger partial charge in [-0.1, -0.05) is 58.0 Å². The highest BCUT2D eigenvalue weighted by Gasteiger charge is 2.52. The Morgan fingerprint density at radius 1 is 1.08 bits per heavy atom. The molecule has 0 aliphatic carbocycles. The minimum Gasteiger partial charge on any atom is -0.445 e. The lowest BCUT2D eigenvalue weighted by Crippen LogP contribution is -2.54. The molecule has 1 aromatic carbocycles. The Hall–Kier alpha value is -2.81. The molecular weight excluding hydrogens is 486 g/mol. The number of rotatable bonds is 10. The summed E-state index contributed by atoms with van der Waals surface area (Å²) < 4.78 is 17.8. The fraction of sp³-hybridized carbons (Fsp3) is 0.690. The third-order valence-electron chi connectivity index (χ3n) is 6.30. The summed E-state index contributed by atoms with van der Waals surface area (Å²) in [5, 5.41) is 0. The minimum atomic E-state index is -0.994. The van der Waals surface area contributed by atoms with Gasteiger partial charge in [-0.25, -0.2) is 9.59 Å². The molecule has 2 rings (SSSR count). The minimum absolute atomic E-state index is 0.0358. The van der Waals surface area contributed by atoms with E-state index in [1.54, 1.807) is 4.90 Å². The summed E-state index contributed by atoms with van der Waals surface area (Å²) in [6.45, 7) is 17.2. The van der Waals surface area contributed by atoms with Gasteiger partial charge in [-0.3, -0.25) is 14.6 Å². The maximum absolute atomic E-state index is 13.5. The lowest BCUT2D eigenvalue weighted by molar-refractivity contribution is -0.124. The Morgan fingerprint density at radius 3 is 2.18 bits per heavy atom. The van der Waals surface area contributed by atoms with Crippen LogP contribution in [0.25, 0.3) is 0 Å². The standard InChI is InChI=1S/C29H47N3O6/c1-19(2)15-22-24(37-29(8,9)32(22)27(35)38-28(5,6)7)17-31(23(25(30)33)16-20(3)4)26(34)36-18-21-13-11-10-12-14-21/h10-14,19-20,22-24H,15-18H2,1-9H3,(H2,30,33)/t22?,23-,24?/m0/s1. The Bertz CT molecular complexity index is 941. The number of benzene rings is 1. The summed E-state index contributed by atoms with van der Waals surface area (Å²) in [5.41, 5.74) is 4.95. The van der Waals surface area contributed by atoms with E-state index in [0.29, 0.717) is 12.8 Å². The zero-order valence-corrected chi connectivity index (χ0v) is 24.5. The van der Waals surface area contributed by atoms with Crippen molar-refractivity contribution in [2.24, 2.45) is 17.6 Å². The summed E-state index contributed by atoms with van der Waals surface area (Å²) in [7, 11) is 0. The maximum Gasteiger partial charge on any atom is 0.412 e. The van der Waals surface area contributed by atoms with Crippen LogP contribution in [-0.2, 0) is 25.6 Å². The van der Waals surface area contributed by atoms with E-state index in [9.17, 15) is 14.4 Å². The molecule has 1 fully saturated rings. The highest BCUT2D eigenvalue weighted by molar-refractivity contribution is 5.84. The van der Waals surface area contributed by atoms with Crippen molar-refractivity contribution in [1.29, 1.82) is 0 Å². The van der Waals surface area contributed by atoms with Crippen LogP contribution >= 0.6 is 0 Å². The number of nitrogens with two attached hydrogens (primary N) is 1. The topological polar surface area (TPSA) is 111 Å². The Kier molecular flexibility index (Phi) is 10.6. The lowest BCUT2D eigenvalue weighted by atomic mass is 9.96. The number of primary amides is 1. The van der Waals surface area contributed by atoms with Crippen molar-refractivity contribution in [2.45, 2.75) is 111 Å². The first-order chi connectivity index (χ1) is 17.5. The van der Waals surface area contributed by atoms with E-state index in [-0.39, 0.29) is 25.0 Å². The third kappa shape index (κ3) is 8.89. The van der Waals surface area contributed by atoms with Gasteiger partial charge in [-0.05, 0) is 64.9 Å². The number of carbonyl (C=O) groups excluding carboxylic acids is 3. The second-order valence-corrected chi connectivity index (χ2v) is 12.4. The SMILES string of the molecule is CC(C)CC1C(CN(C(=O)OCc2ccccc2)[C@@H](CC(C)C)C(N)=O)OC(C)(C)N1C(=O)OC(C)(C)C. The van der Waals surface area contributed by atoms with Crippen LogP contribution in [-0.4, -0.2) is 64.0 Å². The molecule has 0 radical (unpaired) electrons. The summed E-state index contributed by atoms with van der Waals surface area (Å²) in [5.74, 6) is -0.286. The second kappa shape index (κ2) is 12.8. The summed E-state index contributed by atoms with van der Waals surface area (Å²) >= 11 is 0. The van der Waals surface area contributed by atoms with Crippen molar-refractivity contribution in [3.63, 3.8) is 0 Å². The zero-order chi connectivity index (χ0) is 28.8. The van der Waals surface area contributed by atoms with Gasteiger partial charge in [-0.15, -0.1) is 0 Å². The number of hydrogen-bond donors (Lipinski definition) is 1. The Morgan fingerprint density at radius 2 is 1.68 bits per heavy atom. The van der Waals surface area contributed by atoms with E-state index in [0.717, 1.165) is 5.56 Å². The van der Waals surface area contributed by atoms with Gasteiger partial charge >= 0.3 is 12.2 Å². The van der Waals surface area contributed by atoms with Crippen LogP contribution in [0, 0.1) is 11.8 Å². The van der Waals surface area contributed by atoms with E-state index in [2.05, 4.69) is 13.8 Å². The van der Waals surface area contributed by atoms with Crippen LogP contribution in [0.2, 0.25) is 0 Å². The van der Waals surface area contributed by atoms with Gasteiger partial charge in [0.25, 0.3) is 0 Å². The first-order valence-corrected chi connectivity index (χ1v) is 13.5. The molecule has 214 valence electrons. The Labute approximate surface area is 228 Å². The van der Waals surface area contributed by atoms with Crippen LogP contribution < -0.4 is 5.73 Å². The van der Waals surface area contributed by atoms with Crippen molar-refractivity contribution >= 4 is 18.1 Å². The van der Waals surface area contributed by atoms with Crippen LogP contribution in [0.3, 0.4) is 0 Å². The number of amides is 3. The van der Waals surface area contributed by atoms with E-state index in [4.69, 9.17) is 19.9 Å². The smallest absolute Gasteiger partial charge is 0.412 e. The molecule has 2 unspecified atom stereocenters. The van der Waals surface area contributed by atoms with Gasteiger partial charge in [0, 0.05) is 0 Å². The largest absolute Gasteiger partial charge is 0.445 e. The maximum atomic E-state index is 13.5. The van der Waals surface area contributed by atoms with E-state index in [1.807, 2.05) is 78.8 Å². The van der Waals surface area contributed by atoms with E-state index < -0.39 is 47.6 Å². The molecule has 1 aliphatic heterocycles. The summed E-state index contributed by atoms with van der Waals surface area (Å²) in [6.07, 6.45) is -0.734. The van der Waals surface area contributed by atoms with Gasteiger partial charge in [0.2, 0.25) is 5.91 Å². The van der Waals surface area contributed by atoms with Crippen molar-refractivity contribution in [1.82, 2.24) is 9.80 Å². The highest BCUT2D eigenvalue weighted by Crippen LogP contribution is 2.37. The molecule has 2 N–H and O–H groups in total. The van der Waals surface area contributed by atoms with Gasteiger partial charge in [0.05, 0.1) is 18.7 Å². The van der Waals surface area contributed by atoms with Crippen molar-refractivity contribution in [3.8, 4) is 0 Å². The summed E-state index contributed by atoms with van der Waals surface area (Å²) in [4.78, 5) is 42.4. The summed E-state index contributed by atoms with van der Waals surface area (Å²) in [6, 6.07) is 8.05. The second-order valence-electron chi connectivity index (χ2n) is 12.4. The molecule has 9 nitrogen and oxygen atoms in total. The first-order valence-electron chi connectivity index (χ1n) is 13.5. The normalized spacial score (nSPS) is 19.9. The number of ether oxygens (including phenoxy) is 3. The van der Waals surface area contributed by atoms with E-state index >= 15 is 0 Å². The van der Waals surface area contributed by atoms with E-state index in [1.165, 1.54) is 4.90 Å².